The number of amides is 1. The molecule has 0 fully saturated rings. The molecule has 0 saturated heterocycles. The van der Waals surface area contributed by atoms with Gasteiger partial charge in [-0.05, 0) is 18.2 Å². The van der Waals surface area contributed by atoms with Crippen molar-refractivity contribution in [3.63, 3.8) is 0 Å². The van der Waals surface area contributed by atoms with E-state index in [2.05, 4.69) is 31.1 Å². The van der Waals surface area contributed by atoms with Crippen molar-refractivity contribution in [3.05, 3.63) is 54.4 Å². The van der Waals surface area contributed by atoms with E-state index in [9.17, 15) is 4.79 Å². The lowest BCUT2D eigenvalue weighted by Gasteiger charge is -2.18. The number of carbonyl (C=O) groups excluding carboxylic acids is 1. The maximum absolute atomic E-state index is 12.4. The molecule has 0 saturated carbocycles. The van der Waals surface area contributed by atoms with Gasteiger partial charge in [-0.3, -0.25) is 4.79 Å². The molecule has 0 atom stereocenters. The normalized spacial score (nSPS) is 11.4. The summed E-state index contributed by atoms with van der Waals surface area (Å²) in [5.41, 5.74) is 1.44. The van der Waals surface area contributed by atoms with Gasteiger partial charge in [0.25, 0.3) is 0 Å². The third-order valence-corrected chi connectivity index (χ3v) is 4.92. The van der Waals surface area contributed by atoms with Crippen molar-refractivity contribution in [2.75, 3.05) is 18.2 Å². The first-order valence-corrected chi connectivity index (χ1v) is 9.69. The Hall–Kier alpha value is -2.60. The van der Waals surface area contributed by atoms with E-state index in [0.717, 1.165) is 21.8 Å². The van der Waals surface area contributed by atoms with Crippen molar-refractivity contribution in [2.24, 2.45) is 0 Å². The van der Waals surface area contributed by atoms with E-state index in [1.165, 1.54) is 11.8 Å². The third kappa shape index (κ3) is 4.77. The van der Waals surface area contributed by atoms with Gasteiger partial charge in [-0.1, -0.05) is 56.8 Å². The molecule has 0 radical (unpaired) electrons. The van der Waals surface area contributed by atoms with Gasteiger partial charge in [-0.2, -0.15) is 0 Å². The minimum atomic E-state index is -0.164. The molecule has 0 aliphatic heterocycles. The lowest BCUT2D eigenvalue weighted by atomic mass is 9.95. The number of ether oxygens (including phenoxy) is 1. The molecule has 0 unspecified atom stereocenters. The highest BCUT2D eigenvalue weighted by Gasteiger charge is 2.20. The second kappa shape index (κ2) is 7.96. The predicted molar refractivity (Wildman–Crippen MR) is 111 cm³/mol. The van der Waals surface area contributed by atoms with Crippen LogP contribution in [0.3, 0.4) is 0 Å². The van der Waals surface area contributed by atoms with Crippen LogP contribution in [0.5, 0.6) is 5.75 Å². The summed E-state index contributed by atoms with van der Waals surface area (Å²) in [6, 6.07) is 15.2. The molecule has 3 rings (SSSR count). The first-order chi connectivity index (χ1) is 12.9. The molecule has 1 N–H and O–H groups in total. The number of carbonyl (C=O) groups is 1. The maximum Gasteiger partial charge on any atom is 0.234 e. The monoisotopic (exact) mass is 381 g/mol. The number of nitrogens with one attached hydrogen (secondary N) is 1. The Labute approximate surface area is 163 Å². The zero-order chi connectivity index (χ0) is 19.4. The molecule has 3 aromatic rings. The van der Waals surface area contributed by atoms with Crippen LogP contribution in [-0.2, 0) is 10.2 Å². The Morgan fingerprint density at radius 2 is 1.89 bits per heavy atom. The van der Waals surface area contributed by atoms with Crippen LogP contribution >= 0.6 is 11.8 Å². The van der Waals surface area contributed by atoms with Crippen LogP contribution in [0.25, 0.3) is 10.9 Å². The van der Waals surface area contributed by atoms with Gasteiger partial charge in [0.2, 0.25) is 5.91 Å². The molecule has 27 heavy (non-hydrogen) atoms. The predicted octanol–water partition coefficient (Wildman–Crippen LogP) is 4.67. The molecule has 0 aliphatic rings. The van der Waals surface area contributed by atoms with E-state index >= 15 is 0 Å². The molecule has 1 aromatic heterocycles. The van der Waals surface area contributed by atoms with Crippen LogP contribution in [0.2, 0.25) is 0 Å². The van der Waals surface area contributed by atoms with Gasteiger partial charge in [0.05, 0.1) is 18.4 Å². The Morgan fingerprint density at radius 1 is 1.11 bits per heavy atom. The van der Waals surface area contributed by atoms with Crippen LogP contribution in [0.1, 0.15) is 26.6 Å². The van der Waals surface area contributed by atoms with E-state index in [1.54, 1.807) is 13.2 Å². The summed E-state index contributed by atoms with van der Waals surface area (Å²) >= 11 is 1.42. The zero-order valence-electron chi connectivity index (χ0n) is 15.9. The van der Waals surface area contributed by atoms with Gasteiger partial charge in [-0.15, -0.1) is 0 Å². The fraction of sp³-hybridized carbons (Fsp3) is 0.286. The largest absolute Gasteiger partial charge is 0.497 e. The van der Waals surface area contributed by atoms with Crippen LogP contribution < -0.4 is 10.1 Å². The van der Waals surface area contributed by atoms with Gasteiger partial charge in [-0.25, -0.2) is 9.97 Å². The second-order valence-corrected chi connectivity index (χ2v) is 8.15. The topological polar surface area (TPSA) is 64.1 Å². The van der Waals surface area contributed by atoms with Crippen molar-refractivity contribution in [1.82, 2.24) is 9.97 Å². The summed E-state index contributed by atoms with van der Waals surface area (Å²) < 4.78 is 5.19. The lowest BCUT2D eigenvalue weighted by Crippen LogP contribution is -2.17. The number of nitrogens with zero attached hydrogens (tertiary/aromatic N) is 2. The summed E-state index contributed by atoms with van der Waals surface area (Å²) in [5.74, 6) is 1.66. The van der Waals surface area contributed by atoms with Crippen LogP contribution in [0.15, 0.2) is 53.6 Å². The number of anilines is 1. The number of benzene rings is 2. The van der Waals surface area contributed by atoms with Crippen molar-refractivity contribution < 1.29 is 9.53 Å². The van der Waals surface area contributed by atoms with Gasteiger partial charge >= 0.3 is 0 Å². The molecule has 1 heterocycles. The number of aromatic nitrogens is 2. The summed E-state index contributed by atoms with van der Waals surface area (Å²) in [6.45, 7) is 6.25. The molecule has 140 valence electrons. The van der Waals surface area contributed by atoms with Gasteiger partial charge in [0.1, 0.15) is 16.6 Å². The summed E-state index contributed by atoms with van der Waals surface area (Å²) in [4.78, 5) is 21.8. The van der Waals surface area contributed by atoms with Gasteiger partial charge in [0, 0.05) is 22.6 Å². The molecular weight excluding hydrogens is 358 g/mol. The standard InChI is InChI=1S/C21H23N3O2S/c1-21(2,3)20-23-17-11-6-5-10-16(17)19(24-20)27-13-18(25)22-14-8-7-9-15(12-14)26-4/h5-12H,13H2,1-4H3,(H,22,25). The fourth-order valence-corrected chi connectivity index (χ4v) is 3.34. The summed E-state index contributed by atoms with van der Waals surface area (Å²) in [5, 5.41) is 4.68. The molecule has 6 heteroatoms. The summed E-state index contributed by atoms with van der Waals surface area (Å²) in [7, 11) is 1.60. The number of hydrogen-bond donors (Lipinski definition) is 1. The fourth-order valence-electron chi connectivity index (χ4n) is 2.52. The highest BCUT2D eigenvalue weighted by atomic mass is 32.2. The second-order valence-electron chi connectivity index (χ2n) is 7.19. The summed E-state index contributed by atoms with van der Waals surface area (Å²) in [6.07, 6.45) is 0. The minimum Gasteiger partial charge on any atom is -0.497 e. The first kappa shape index (κ1) is 19.2. The molecule has 5 nitrogen and oxygen atoms in total. The first-order valence-electron chi connectivity index (χ1n) is 8.71. The van der Waals surface area contributed by atoms with E-state index < -0.39 is 0 Å². The average molecular weight is 382 g/mol. The Kier molecular flexibility index (Phi) is 5.65. The number of hydrogen-bond acceptors (Lipinski definition) is 5. The molecule has 0 aliphatic carbocycles. The molecule has 0 bridgehead atoms. The van der Waals surface area contributed by atoms with Crippen LogP contribution in [0, 0.1) is 0 Å². The number of fused-ring (bicyclic) bond motifs is 1. The SMILES string of the molecule is COc1cccc(NC(=O)CSc2nc(C(C)(C)C)nc3ccccc23)c1. The smallest absolute Gasteiger partial charge is 0.234 e. The van der Waals surface area contributed by atoms with Crippen molar-refractivity contribution >= 4 is 34.3 Å². The average Bonchev–Trinajstić information content (AvgIpc) is 2.65. The Bertz CT molecular complexity index is 967. The number of para-hydroxylation sites is 1. The van der Waals surface area contributed by atoms with E-state index in [-0.39, 0.29) is 17.1 Å². The highest BCUT2D eigenvalue weighted by molar-refractivity contribution is 8.00. The van der Waals surface area contributed by atoms with Gasteiger partial charge < -0.3 is 10.1 Å². The van der Waals surface area contributed by atoms with Crippen LogP contribution in [0.4, 0.5) is 5.69 Å². The number of thioether (sulfide) groups is 1. The van der Waals surface area contributed by atoms with Crippen molar-refractivity contribution in [2.45, 2.75) is 31.2 Å². The minimum absolute atomic E-state index is 0.0896. The number of methoxy groups -OCH3 is 1. The molecule has 2 aromatic carbocycles. The maximum atomic E-state index is 12.4. The van der Waals surface area contributed by atoms with E-state index in [1.807, 2.05) is 42.5 Å². The quantitative estimate of drug-likeness (QED) is 0.514. The van der Waals surface area contributed by atoms with Crippen molar-refractivity contribution in [3.8, 4) is 5.75 Å². The van der Waals surface area contributed by atoms with E-state index in [4.69, 9.17) is 9.72 Å². The highest BCUT2D eigenvalue weighted by Crippen LogP contribution is 2.29. The third-order valence-electron chi connectivity index (χ3n) is 3.93. The van der Waals surface area contributed by atoms with E-state index in [0.29, 0.717) is 11.4 Å². The molecule has 1 amide bonds. The van der Waals surface area contributed by atoms with Gasteiger partial charge in [0.15, 0.2) is 0 Å². The lowest BCUT2D eigenvalue weighted by molar-refractivity contribution is -0.113. The number of rotatable bonds is 5. The molecule has 0 spiro atoms. The Balaban J connectivity index is 1.78. The van der Waals surface area contributed by atoms with Crippen LogP contribution in [-0.4, -0.2) is 28.7 Å². The zero-order valence-corrected chi connectivity index (χ0v) is 16.8. The van der Waals surface area contributed by atoms with Crippen molar-refractivity contribution in [1.29, 1.82) is 0 Å². The molecular formula is C21H23N3O2S. The Morgan fingerprint density at radius 3 is 2.63 bits per heavy atom.